The highest BCUT2D eigenvalue weighted by molar-refractivity contribution is 7.90. The maximum absolute atomic E-state index is 15.1. The molecule has 4 rings (SSSR count). The number of carbonyl (C=O) groups excluding carboxylic acids is 1. The summed E-state index contributed by atoms with van der Waals surface area (Å²) in [6.07, 6.45) is 3.86. The summed E-state index contributed by atoms with van der Waals surface area (Å²) in [6, 6.07) is 8.93. The maximum atomic E-state index is 15.1. The number of benzene rings is 1. The van der Waals surface area contributed by atoms with Crippen LogP contribution in [-0.4, -0.2) is 62.1 Å². The van der Waals surface area contributed by atoms with Crippen molar-refractivity contribution in [3.8, 4) is 0 Å². The Balaban J connectivity index is 1.73. The Morgan fingerprint density at radius 2 is 2.00 bits per heavy atom. The van der Waals surface area contributed by atoms with E-state index in [4.69, 9.17) is 4.74 Å². The van der Waals surface area contributed by atoms with E-state index in [9.17, 15) is 19.2 Å². The van der Waals surface area contributed by atoms with Crippen LogP contribution in [0.1, 0.15) is 64.1 Å². The molecule has 2 aromatic rings. The topological polar surface area (TPSA) is 127 Å². The number of hydrogen-bond acceptors (Lipinski definition) is 6. The van der Waals surface area contributed by atoms with Crippen LogP contribution in [0.4, 0.5) is 14.9 Å². The maximum Gasteiger partial charge on any atom is 0.408 e. The Bertz CT molecular complexity index is 1180. The van der Waals surface area contributed by atoms with Crippen LogP contribution in [0.3, 0.4) is 0 Å². The summed E-state index contributed by atoms with van der Waals surface area (Å²) in [5, 5.41) is 12.2. The van der Waals surface area contributed by atoms with Gasteiger partial charge < -0.3 is 19.7 Å². The molecule has 1 aliphatic carbocycles. The molecule has 1 aromatic heterocycles. The molecule has 2 heterocycles. The number of likely N-dealkylation sites (tertiary alicyclic amines) is 1. The normalized spacial score (nSPS) is 21.8. The van der Waals surface area contributed by atoms with Gasteiger partial charge in [0.25, 0.3) is 0 Å². The number of nitrogens with zero attached hydrogens (tertiary/aromatic N) is 2. The lowest BCUT2D eigenvalue weighted by Crippen LogP contribution is -2.52. The zero-order valence-electron chi connectivity index (χ0n) is 22.8. The summed E-state index contributed by atoms with van der Waals surface area (Å²) in [6.45, 7) is 5.68. The summed E-state index contributed by atoms with van der Waals surface area (Å²) in [5.74, 6) is -0.736. The molecular formula is C28H37FN4O5S. The number of carbonyl (C=O) groups is 2. The Labute approximate surface area is 231 Å². The van der Waals surface area contributed by atoms with Crippen molar-refractivity contribution in [1.29, 1.82) is 0 Å². The number of rotatable bonds is 10. The SMILES string of the molecule is CO[C@@H]1C[C@H](C(=O)Nc2cc(C(CCC3CC3)(N[S+]([O-])C(C)(C)C)c3ccccn3)ccc2F)N(C(=O)O)C1. The van der Waals surface area contributed by atoms with E-state index in [0.29, 0.717) is 23.6 Å². The fourth-order valence-corrected chi connectivity index (χ4v) is 5.81. The highest BCUT2D eigenvalue weighted by Gasteiger charge is 2.45. The molecule has 212 valence electrons. The molecular weight excluding hydrogens is 523 g/mol. The van der Waals surface area contributed by atoms with Crippen LogP contribution in [0.5, 0.6) is 0 Å². The summed E-state index contributed by atoms with van der Waals surface area (Å²) in [7, 11) is 1.46. The molecule has 2 unspecified atom stereocenters. The molecule has 4 atom stereocenters. The summed E-state index contributed by atoms with van der Waals surface area (Å²) in [4.78, 5) is 30.5. The van der Waals surface area contributed by atoms with Gasteiger partial charge in [0.1, 0.15) is 22.1 Å². The van der Waals surface area contributed by atoms with E-state index < -0.39 is 51.6 Å². The molecule has 11 heteroatoms. The predicted octanol–water partition coefficient (Wildman–Crippen LogP) is 4.41. The predicted molar refractivity (Wildman–Crippen MR) is 147 cm³/mol. The second-order valence-corrected chi connectivity index (χ2v) is 13.3. The Hall–Kier alpha value is -2.73. The van der Waals surface area contributed by atoms with Crippen LogP contribution in [0.2, 0.25) is 0 Å². The molecule has 9 nitrogen and oxygen atoms in total. The fraction of sp³-hybridized carbons (Fsp3) is 0.536. The molecule has 1 aromatic carbocycles. The molecule has 0 spiro atoms. The number of halogens is 1. The van der Waals surface area contributed by atoms with Crippen molar-refractivity contribution in [3.63, 3.8) is 0 Å². The number of anilines is 1. The molecule has 1 saturated heterocycles. The molecule has 39 heavy (non-hydrogen) atoms. The van der Waals surface area contributed by atoms with Gasteiger partial charge in [0.05, 0.1) is 24.0 Å². The molecule has 2 fully saturated rings. The van der Waals surface area contributed by atoms with Gasteiger partial charge in [0.15, 0.2) is 0 Å². The van der Waals surface area contributed by atoms with Crippen LogP contribution in [0, 0.1) is 11.7 Å². The van der Waals surface area contributed by atoms with Crippen molar-refractivity contribution >= 4 is 29.0 Å². The Morgan fingerprint density at radius 1 is 1.26 bits per heavy atom. The van der Waals surface area contributed by atoms with Crippen molar-refractivity contribution in [2.45, 2.75) is 75.3 Å². The van der Waals surface area contributed by atoms with Gasteiger partial charge in [-0.15, -0.1) is 4.72 Å². The van der Waals surface area contributed by atoms with Crippen LogP contribution in [0.25, 0.3) is 0 Å². The molecule has 0 radical (unpaired) electrons. The first-order chi connectivity index (χ1) is 18.4. The van der Waals surface area contributed by atoms with E-state index in [2.05, 4.69) is 15.0 Å². The van der Waals surface area contributed by atoms with Crippen LogP contribution >= 0.6 is 0 Å². The van der Waals surface area contributed by atoms with Gasteiger partial charge in [0, 0.05) is 31.1 Å². The number of carboxylic acid groups (broad SMARTS) is 1. The van der Waals surface area contributed by atoms with Gasteiger partial charge in [-0.3, -0.25) is 14.7 Å². The van der Waals surface area contributed by atoms with Gasteiger partial charge in [0.2, 0.25) is 5.91 Å². The molecule has 1 aliphatic heterocycles. The zero-order valence-corrected chi connectivity index (χ0v) is 23.6. The molecule has 1 saturated carbocycles. The van der Waals surface area contributed by atoms with Crippen LogP contribution < -0.4 is 10.0 Å². The standard InChI is InChI=1S/C28H37FN4O5S/c1-27(2,3)39(37)32-28(13-12-18-8-9-18,24-7-5-6-14-30-24)19-10-11-21(29)22(15-19)31-25(34)23-16-20(38-4)17-33(23)26(35)36/h5-7,10-11,14-15,18,20,23,32H,8-9,12-13,16-17H2,1-4H3,(H,31,34)(H,35,36)/t20-,23-,28?,39?/m1/s1. The Kier molecular flexibility index (Phi) is 8.85. The lowest BCUT2D eigenvalue weighted by molar-refractivity contribution is -0.120. The third kappa shape index (κ3) is 6.71. The second kappa shape index (κ2) is 11.8. The smallest absolute Gasteiger partial charge is 0.408 e. The van der Waals surface area contributed by atoms with E-state index in [0.717, 1.165) is 24.2 Å². The highest BCUT2D eigenvalue weighted by atomic mass is 32.2. The van der Waals surface area contributed by atoms with Crippen LogP contribution in [-0.2, 0) is 26.4 Å². The quantitative estimate of drug-likeness (QED) is 0.367. The number of methoxy groups -OCH3 is 1. The van der Waals surface area contributed by atoms with Crippen LogP contribution in [0.15, 0.2) is 42.6 Å². The highest BCUT2D eigenvalue weighted by Crippen LogP contribution is 2.42. The molecule has 0 bridgehead atoms. The van der Waals surface area contributed by atoms with E-state index in [1.165, 1.54) is 19.2 Å². The zero-order chi connectivity index (χ0) is 28.4. The lowest BCUT2D eigenvalue weighted by Gasteiger charge is -2.38. The average molecular weight is 561 g/mol. The second-order valence-electron chi connectivity index (χ2n) is 11.3. The summed E-state index contributed by atoms with van der Waals surface area (Å²) < 4.78 is 36.7. The number of amides is 2. The van der Waals surface area contributed by atoms with Gasteiger partial charge in [-0.1, -0.05) is 25.0 Å². The van der Waals surface area contributed by atoms with Crippen molar-refractivity contribution in [3.05, 3.63) is 59.7 Å². The number of nitrogens with one attached hydrogen (secondary N) is 2. The van der Waals surface area contributed by atoms with Crippen molar-refractivity contribution < 1.29 is 28.4 Å². The summed E-state index contributed by atoms with van der Waals surface area (Å²) in [5.41, 5.74) is 0.144. The molecule has 3 N–H and O–H groups in total. The Morgan fingerprint density at radius 3 is 2.59 bits per heavy atom. The third-order valence-corrected chi connectivity index (χ3v) is 9.06. The largest absolute Gasteiger partial charge is 0.598 e. The molecule has 2 aliphatic rings. The average Bonchev–Trinajstić information content (AvgIpc) is 3.62. The van der Waals surface area contributed by atoms with Gasteiger partial charge >= 0.3 is 6.09 Å². The number of ether oxygens (including phenoxy) is 1. The minimum Gasteiger partial charge on any atom is -0.598 e. The number of hydrogen-bond donors (Lipinski definition) is 3. The van der Waals surface area contributed by atoms with Gasteiger partial charge in [-0.05, 0) is 69.4 Å². The van der Waals surface area contributed by atoms with Crippen molar-refractivity contribution in [1.82, 2.24) is 14.6 Å². The monoisotopic (exact) mass is 560 g/mol. The fourth-order valence-electron chi connectivity index (χ4n) is 4.87. The lowest BCUT2D eigenvalue weighted by atomic mass is 9.82. The van der Waals surface area contributed by atoms with Gasteiger partial charge in [-0.25, -0.2) is 9.18 Å². The summed E-state index contributed by atoms with van der Waals surface area (Å²) >= 11 is -1.50. The van der Waals surface area contributed by atoms with E-state index in [1.54, 1.807) is 18.3 Å². The van der Waals surface area contributed by atoms with E-state index >= 15 is 4.39 Å². The van der Waals surface area contributed by atoms with E-state index in [1.807, 2.05) is 32.9 Å². The number of pyridine rings is 1. The number of aromatic nitrogens is 1. The third-order valence-electron chi connectivity index (χ3n) is 7.41. The van der Waals surface area contributed by atoms with Crippen molar-refractivity contribution in [2.24, 2.45) is 5.92 Å². The minimum atomic E-state index is -1.50. The van der Waals surface area contributed by atoms with Crippen molar-refractivity contribution in [2.75, 3.05) is 19.0 Å². The first-order valence-electron chi connectivity index (χ1n) is 13.2. The molecule has 2 amide bonds. The van der Waals surface area contributed by atoms with Gasteiger partial charge in [-0.2, -0.15) is 0 Å². The first-order valence-corrected chi connectivity index (χ1v) is 14.3. The van der Waals surface area contributed by atoms with E-state index in [-0.39, 0.29) is 18.7 Å². The minimum absolute atomic E-state index is 0.0545. The first kappa shape index (κ1) is 29.3.